The molecule has 0 aromatic heterocycles. The Morgan fingerprint density at radius 3 is 1.82 bits per heavy atom. The molecule has 28 heavy (non-hydrogen) atoms. The van der Waals surface area contributed by atoms with Crippen LogP contribution in [0, 0.1) is 0 Å². The number of alkyl halides is 9. The van der Waals surface area contributed by atoms with Gasteiger partial charge < -0.3 is 8.61 Å². The van der Waals surface area contributed by atoms with E-state index in [1.54, 1.807) is 0 Å². The van der Waals surface area contributed by atoms with Crippen LogP contribution in [0.1, 0.15) is 19.3 Å². The molecule has 1 rings (SSSR count). The van der Waals surface area contributed by atoms with Crippen molar-refractivity contribution >= 4 is 18.4 Å². The third-order valence-electron chi connectivity index (χ3n) is 3.49. The molecule has 15 heteroatoms. The maximum atomic E-state index is 13.6. The van der Waals surface area contributed by atoms with Gasteiger partial charge in [-0.15, -0.1) is 0 Å². The first kappa shape index (κ1) is 25.1. The Bertz CT molecular complexity index is 711. The lowest BCUT2D eigenvalue weighted by molar-refractivity contribution is -0.382. The molecule has 0 bridgehead atoms. The first-order chi connectivity index (χ1) is 12.2. The van der Waals surface area contributed by atoms with E-state index in [9.17, 15) is 47.9 Å². The van der Waals surface area contributed by atoms with Gasteiger partial charge in [-0.1, -0.05) is 0 Å². The van der Waals surface area contributed by atoms with Crippen LogP contribution in [0.3, 0.4) is 0 Å². The maximum Gasteiger partial charge on any atom is 0.460 e. The van der Waals surface area contributed by atoms with Crippen molar-refractivity contribution in [2.45, 2.75) is 68.3 Å². The van der Waals surface area contributed by atoms with E-state index in [1.165, 1.54) is 0 Å². The molecule has 1 aliphatic carbocycles. The van der Waals surface area contributed by atoms with Gasteiger partial charge in [0.05, 0.1) is 0 Å². The van der Waals surface area contributed by atoms with E-state index in [4.69, 9.17) is 4.43 Å². The molecule has 0 heterocycles. The lowest BCUT2D eigenvalue weighted by atomic mass is 10.0. The van der Waals surface area contributed by atoms with E-state index in [0.29, 0.717) is 0 Å². The minimum atomic E-state index is -7.32. The molecule has 0 saturated carbocycles. The molecular formula is C13H17F9O4SSi. The van der Waals surface area contributed by atoms with Gasteiger partial charge in [0.25, 0.3) is 0 Å². The monoisotopic (exact) mass is 468 g/mol. The maximum absolute atomic E-state index is 13.6. The molecule has 4 nitrogen and oxygen atoms in total. The molecule has 0 radical (unpaired) electrons. The lowest BCUT2D eigenvalue weighted by Gasteiger charge is -2.33. The minimum absolute atomic E-state index is 0.0458. The highest BCUT2D eigenvalue weighted by atomic mass is 32.2. The largest absolute Gasteiger partial charge is 0.460 e. The van der Waals surface area contributed by atoms with Crippen molar-refractivity contribution in [3.05, 3.63) is 11.8 Å². The molecule has 0 saturated heterocycles. The van der Waals surface area contributed by atoms with Gasteiger partial charge in [-0.3, -0.25) is 0 Å². The first-order valence-electron chi connectivity index (χ1n) is 7.67. The second-order valence-electron chi connectivity index (χ2n) is 7.00. The fraction of sp³-hybridized carbons (Fsp3) is 0.846. The van der Waals surface area contributed by atoms with Gasteiger partial charge in [0.1, 0.15) is 5.76 Å². The highest BCUT2D eigenvalue weighted by molar-refractivity contribution is 7.88. The number of allylic oxidation sites excluding steroid dienone is 1. The van der Waals surface area contributed by atoms with Gasteiger partial charge in [-0.25, -0.2) is 0 Å². The Kier molecular flexibility index (Phi) is 6.61. The topological polar surface area (TPSA) is 52.6 Å². The molecule has 1 unspecified atom stereocenters. The van der Waals surface area contributed by atoms with Crippen LogP contribution in [0.4, 0.5) is 39.5 Å². The van der Waals surface area contributed by atoms with E-state index in [0.717, 1.165) is 6.08 Å². The van der Waals surface area contributed by atoms with E-state index < -0.39 is 53.6 Å². The van der Waals surface area contributed by atoms with Crippen molar-refractivity contribution in [1.82, 2.24) is 0 Å². The van der Waals surface area contributed by atoms with Gasteiger partial charge in [-0.05, 0) is 38.6 Å². The predicted molar refractivity (Wildman–Crippen MR) is 81.1 cm³/mol. The second kappa shape index (κ2) is 7.38. The second-order valence-corrected chi connectivity index (χ2v) is 13.0. The Morgan fingerprint density at radius 2 is 1.46 bits per heavy atom. The SMILES string of the molecule is C[Si](C)(C)OC1CC=C(OS(=O)(=O)C(F)(F)C(F)(F)C(F)(F)C(F)(F)F)CC1. The van der Waals surface area contributed by atoms with E-state index >= 15 is 0 Å². The normalized spacial score (nSPS) is 20.7. The van der Waals surface area contributed by atoms with Crippen molar-refractivity contribution in [2.75, 3.05) is 0 Å². The Morgan fingerprint density at radius 1 is 0.964 bits per heavy atom. The van der Waals surface area contributed by atoms with E-state index in [2.05, 4.69) is 4.18 Å². The molecule has 0 aromatic rings. The summed E-state index contributed by atoms with van der Waals surface area (Å²) in [6, 6.07) is 0. The van der Waals surface area contributed by atoms with Gasteiger partial charge >= 0.3 is 33.4 Å². The van der Waals surface area contributed by atoms with Crippen LogP contribution < -0.4 is 0 Å². The third kappa shape index (κ3) is 4.78. The van der Waals surface area contributed by atoms with Gasteiger partial charge in [0, 0.05) is 12.5 Å². The van der Waals surface area contributed by atoms with Crippen LogP contribution in [0.15, 0.2) is 11.8 Å². The summed E-state index contributed by atoms with van der Waals surface area (Å²) in [5.74, 6) is -15.4. The van der Waals surface area contributed by atoms with Crippen LogP contribution in [0.2, 0.25) is 19.6 Å². The molecule has 0 fully saturated rings. The predicted octanol–water partition coefficient (Wildman–Crippen LogP) is 5.05. The summed E-state index contributed by atoms with van der Waals surface area (Å²) >= 11 is 0. The van der Waals surface area contributed by atoms with Gasteiger partial charge in [0.2, 0.25) is 0 Å². The zero-order chi connectivity index (χ0) is 22.4. The first-order valence-corrected chi connectivity index (χ1v) is 12.5. The smallest absolute Gasteiger partial charge is 0.414 e. The van der Waals surface area contributed by atoms with Crippen LogP contribution in [0.5, 0.6) is 0 Å². The molecule has 0 spiro atoms. The molecule has 0 N–H and O–H groups in total. The highest BCUT2D eigenvalue weighted by Gasteiger charge is 2.86. The van der Waals surface area contributed by atoms with Crippen molar-refractivity contribution in [2.24, 2.45) is 0 Å². The summed E-state index contributed by atoms with van der Waals surface area (Å²) in [7, 11) is -8.88. The zero-order valence-corrected chi connectivity index (χ0v) is 16.5. The van der Waals surface area contributed by atoms with Crippen LogP contribution in [-0.2, 0) is 18.7 Å². The summed E-state index contributed by atoms with van der Waals surface area (Å²) in [6.45, 7) is 5.49. The standard InChI is InChI=1S/C13H17F9O4SSi/c1-28(2,3)26-9-6-4-8(5-7-9)25-27(23,24)13(21,22)11(16,17)10(14,15)12(18,19)20/h4,9H,5-7H2,1-3H3. The zero-order valence-electron chi connectivity index (χ0n) is 14.7. The molecular weight excluding hydrogens is 451 g/mol. The lowest BCUT2D eigenvalue weighted by Crippen LogP contribution is -2.63. The Labute approximate surface area is 155 Å². The van der Waals surface area contributed by atoms with Gasteiger partial charge in [0.15, 0.2) is 8.32 Å². The van der Waals surface area contributed by atoms with Crippen LogP contribution in [-0.4, -0.2) is 46.1 Å². The number of hydrogen-bond donors (Lipinski definition) is 0. The molecule has 0 amide bonds. The summed E-state index contributed by atoms with van der Waals surface area (Å²) in [4.78, 5) is 0. The number of halogens is 9. The van der Waals surface area contributed by atoms with Crippen molar-refractivity contribution < 1.29 is 56.5 Å². The van der Waals surface area contributed by atoms with Gasteiger partial charge in [-0.2, -0.15) is 47.9 Å². The molecule has 0 aromatic carbocycles. The summed E-state index contributed by atoms with van der Waals surface area (Å²) in [5, 5.41) is -6.86. The fourth-order valence-corrected chi connectivity index (χ4v) is 4.37. The Hall–Kier alpha value is -0.963. The molecule has 1 aliphatic rings. The third-order valence-corrected chi connectivity index (χ3v) is 5.85. The van der Waals surface area contributed by atoms with Crippen molar-refractivity contribution in [3.8, 4) is 0 Å². The average Bonchev–Trinajstić information content (AvgIpc) is 2.45. The van der Waals surface area contributed by atoms with E-state index in [1.807, 2.05) is 19.6 Å². The minimum Gasteiger partial charge on any atom is -0.414 e. The fourth-order valence-electron chi connectivity index (χ4n) is 2.18. The van der Waals surface area contributed by atoms with Crippen molar-refractivity contribution in [3.63, 3.8) is 0 Å². The summed E-state index contributed by atoms with van der Waals surface area (Å²) < 4.78 is 148. The molecule has 0 aliphatic heterocycles. The highest BCUT2D eigenvalue weighted by Crippen LogP contribution is 2.55. The average molecular weight is 468 g/mol. The number of hydrogen-bond acceptors (Lipinski definition) is 4. The molecule has 1 atom stereocenters. The number of rotatable bonds is 7. The van der Waals surface area contributed by atoms with Crippen LogP contribution >= 0.6 is 0 Å². The van der Waals surface area contributed by atoms with Crippen LogP contribution in [0.25, 0.3) is 0 Å². The Balaban J connectivity index is 3.06. The van der Waals surface area contributed by atoms with Crippen molar-refractivity contribution in [1.29, 1.82) is 0 Å². The quantitative estimate of drug-likeness (QED) is 0.298. The molecule has 166 valence electrons. The summed E-state index contributed by atoms with van der Waals surface area (Å²) in [6.07, 6.45) is -7.02. The van der Waals surface area contributed by atoms with E-state index in [-0.39, 0.29) is 19.3 Å². The summed E-state index contributed by atoms with van der Waals surface area (Å²) in [5.41, 5.74) is 0.